The summed E-state index contributed by atoms with van der Waals surface area (Å²) in [5.41, 5.74) is 5.83. The quantitative estimate of drug-likeness (QED) is 0.384. The van der Waals surface area contributed by atoms with Crippen LogP contribution >= 0.6 is 11.3 Å². The molecule has 0 bridgehead atoms. The lowest BCUT2D eigenvalue weighted by molar-refractivity contribution is 0.130. The van der Waals surface area contributed by atoms with Gasteiger partial charge in [-0.25, -0.2) is 14.5 Å². The van der Waals surface area contributed by atoms with Gasteiger partial charge in [-0.15, -0.1) is 11.3 Å². The minimum atomic E-state index is 0.257. The number of nitrogens with one attached hydrogen (secondary N) is 1. The molecule has 0 atom stereocenters. The van der Waals surface area contributed by atoms with E-state index in [1.807, 2.05) is 12.3 Å². The lowest BCUT2D eigenvalue weighted by Crippen LogP contribution is -2.35. The predicted molar refractivity (Wildman–Crippen MR) is 137 cm³/mol. The summed E-state index contributed by atoms with van der Waals surface area (Å²) in [4.78, 5) is 13.2. The summed E-state index contributed by atoms with van der Waals surface area (Å²) >= 11 is 1.80. The van der Waals surface area contributed by atoms with Crippen LogP contribution in [0.1, 0.15) is 54.7 Å². The van der Waals surface area contributed by atoms with Crippen LogP contribution in [-0.4, -0.2) is 75.1 Å². The Balaban J connectivity index is 1.46. The van der Waals surface area contributed by atoms with Gasteiger partial charge in [0.2, 0.25) is 0 Å². The highest BCUT2D eigenvalue weighted by molar-refractivity contribution is 7.15. The number of aromatic nitrogens is 6. The molecule has 5 rings (SSSR count). The van der Waals surface area contributed by atoms with E-state index in [4.69, 9.17) is 19.6 Å². The third-order valence-corrected chi connectivity index (χ3v) is 8.16. The molecule has 0 saturated carbocycles. The molecule has 1 saturated heterocycles. The van der Waals surface area contributed by atoms with Gasteiger partial charge in [0.25, 0.3) is 0 Å². The minimum Gasteiger partial charge on any atom is -0.493 e. The van der Waals surface area contributed by atoms with Crippen molar-refractivity contribution < 1.29 is 9.47 Å². The summed E-state index contributed by atoms with van der Waals surface area (Å²) in [5.74, 6) is 1.49. The van der Waals surface area contributed by atoms with Crippen molar-refractivity contribution in [3.05, 3.63) is 34.7 Å². The van der Waals surface area contributed by atoms with Crippen molar-refractivity contribution in [2.75, 3.05) is 40.5 Å². The Bertz CT molecular complexity index is 1300. The molecule has 0 spiro atoms. The smallest absolute Gasteiger partial charge is 0.197 e. The highest BCUT2D eigenvalue weighted by Crippen LogP contribution is 2.41. The first-order chi connectivity index (χ1) is 17.0. The first-order valence-electron chi connectivity index (χ1n) is 12.1. The van der Waals surface area contributed by atoms with E-state index in [9.17, 15) is 0 Å². The summed E-state index contributed by atoms with van der Waals surface area (Å²) in [5, 5.41) is 13.4. The maximum absolute atomic E-state index is 5.58. The Morgan fingerprint density at radius 2 is 2.03 bits per heavy atom. The minimum absolute atomic E-state index is 0.257. The second kappa shape index (κ2) is 10.0. The van der Waals surface area contributed by atoms with Crippen LogP contribution in [0.25, 0.3) is 27.6 Å². The largest absolute Gasteiger partial charge is 0.493 e. The Kier molecular flexibility index (Phi) is 6.86. The van der Waals surface area contributed by atoms with Crippen molar-refractivity contribution in [2.45, 2.75) is 45.4 Å². The monoisotopic (exact) mass is 495 g/mol. The number of thiazole rings is 1. The van der Waals surface area contributed by atoms with Crippen LogP contribution in [0.4, 0.5) is 0 Å². The number of likely N-dealkylation sites (tertiary alicyclic amines) is 1. The molecule has 5 heterocycles. The van der Waals surface area contributed by atoms with E-state index in [-0.39, 0.29) is 5.92 Å². The molecule has 35 heavy (non-hydrogen) atoms. The van der Waals surface area contributed by atoms with Crippen LogP contribution in [-0.2, 0) is 4.74 Å². The molecule has 0 radical (unpaired) electrons. The highest BCUT2D eigenvalue weighted by atomic mass is 32.1. The van der Waals surface area contributed by atoms with Gasteiger partial charge in [-0.05, 0) is 50.8 Å². The summed E-state index contributed by atoms with van der Waals surface area (Å²) in [7, 11) is 3.42. The van der Waals surface area contributed by atoms with Crippen LogP contribution < -0.4 is 4.74 Å². The third kappa shape index (κ3) is 4.57. The number of aromatic amines is 1. The Hall–Kier alpha value is -2.82. The normalized spacial score (nSPS) is 15.5. The van der Waals surface area contributed by atoms with E-state index in [1.54, 1.807) is 30.1 Å². The van der Waals surface area contributed by atoms with Gasteiger partial charge in [0.15, 0.2) is 11.4 Å². The SMILES string of the molecule is COCCN1CCC(c2sc(-c3n[nH]c(-c4cc(OC)c5ncnn5c4)c3C(C)C)nc2C)CC1. The van der Waals surface area contributed by atoms with Crippen LogP contribution in [0.5, 0.6) is 5.75 Å². The van der Waals surface area contributed by atoms with E-state index >= 15 is 0 Å². The number of aryl methyl sites for hydroxylation is 1. The number of hydrogen-bond acceptors (Lipinski definition) is 8. The first-order valence-corrected chi connectivity index (χ1v) is 13.0. The number of piperidine rings is 1. The molecule has 9 nitrogen and oxygen atoms in total. The number of rotatable bonds is 8. The van der Waals surface area contributed by atoms with Crippen molar-refractivity contribution in [3.63, 3.8) is 0 Å². The fourth-order valence-electron chi connectivity index (χ4n) is 5.01. The first kappa shape index (κ1) is 23.9. The van der Waals surface area contributed by atoms with Crippen molar-refractivity contribution >= 4 is 17.0 Å². The lowest BCUT2D eigenvalue weighted by atomic mass is 9.94. The zero-order chi connectivity index (χ0) is 24.5. The summed E-state index contributed by atoms with van der Waals surface area (Å²) in [6.45, 7) is 10.5. The van der Waals surface area contributed by atoms with Crippen molar-refractivity contribution in [2.24, 2.45) is 0 Å². The van der Waals surface area contributed by atoms with Crippen LogP contribution in [0.15, 0.2) is 18.6 Å². The maximum atomic E-state index is 5.58. The fourth-order valence-corrected chi connectivity index (χ4v) is 6.24. The van der Waals surface area contributed by atoms with Gasteiger partial charge in [0, 0.05) is 35.9 Å². The zero-order valence-electron chi connectivity index (χ0n) is 21.0. The predicted octanol–water partition coefficient (Wildman–Crippen LogP) is 4.51. The average Bonchev–Trinajstić information content (AvgIpc) is 3.60. The van der Waals surface area contributed by atoms with Gasteiger partial charge in [-0.2, -0.15) is 10.2 Å². The van der Waals surface area contributed by atoms with Crippen molar-refractivity contribution in [1.82, 2.24) is 34.7 Å². The number of pyridine rings is 1. The Morgan fingerprint density at radius 1 is 1.23 bits per heavy atom. The lowest BCUT2D eigenvalue weighted by Gasteiger charge is -2.31. The van der Waals surface area contributed by atoms with Crippen LogP contribution in [0.3, 0.4) is 0 Å². The molecular weight excluding hydrogens is 462 g/mol. The second-order valence-corrected chi connectivity index (χ2v) is 10.4. The molecular formula is C25H33N7O2S. The van der Waals surface area contributed by atoms with Gasteiger partial charge in [0.1, 0.15) is 17.0 Å². The summed E-state index contributed by atoms with van der Waals surface area (Å²) < 4.78 is 12.6. The van der Waals surface area contributed by atoms with Crippen molar-refractivity contribution in [1.29, 1.82) is 0 Å². The van der Waals surface area contributed by atoms with E-state index in [1.165, 1.54) is 11.2 Å². The van der Waals surface area contributed by atoms with Crippen molar-refractivity contribution in [3.8, 4) is 27.7 Å². The Morgan fingerprint density at radius 3 is 2.74 bits per heavy atom. The Labute approximate surface area is 209 Å². The molecule has 0 aliphatic carbocycles. The van der Waals surface area contributed by atoms with Gasteiger partial charge < -0.3 is 14.4 Å². The van der Waals surface area contributed by atoms with E-state index in [0.29, 0.717) is 17.3 Å². The van der Waals surface area contributed by atoms with E-state index in [2.05, 4.69) is 40.9 Å². The molecule has 10 heteroatoms. The molecule has 0 aromatic carbocycles. The van der Waals surface area contributed by atoms with Gasteiger partial charge in [0.05, 0.1) is 25.1 Å². The topological polar surface area (TPSA) is 93.5 Å². The fraction of sp³-hybridized carbons (Fsp3) is 0.520. The molecule has 4 aromatic rings. The molecule has 1 fully saturated rings. The molecule has 0 unspecified atom stereocenters. The summed E-state index contributed by atoms with van der Waals surface area (Å²) in [6.07, 6.45) is 5.81. The molecule has 0 amide bonds. The standard InChI is InChI=1S/C25H33N7O2S/c1-15(2)20-21(18-12-19(34-5)24-26-14-27-32(24)13-18)29-30-22(20)25-28-16(3)23(35-25)17-6-8-31(9-7-17)10-11-33-4/h12-15,17H,6-11H2,1-5H3,(H,29,30). The number of fused-ring (bicyclic) bond motifs is 1. The third-order valence-electron chi connectivity index (χ3n) is 6.84. The van der Waals surface area contributed by atoms with Gasteiger partial charge in [-0.1, -0.05) is 13.8 Å². The number of hydrogen-bond donors (Lipinski definition) is 1. The average molecular weight is 496 g/mol. The molecule has 1 N–H and O–H groups in total. The van der Waals surface area contributed by atoms with E-state index in [0.717, 1.165) is 72.3 Å². The molecule has 186 valence electrons. The molecule has 1 aliphatic rings. The summed E-state index contributed by atoms with van der Waals surface area (Å²) in [6, 6.07) is 1.99. The number of H-pyrrole nitrogens is 1. The molecule has 1 aliphatic heterocycles. The van der Waals surface area contributed by atoms with Crippen LogP contribution in [0, 0.1) is 6.92 Å². The number of methoxy groups -OCH3 is 2. The van der Waals surface area contributed by atoms with Gasteiger partial charge >= 0.3 is 0 Å². The maximum Gasteiger partial charge on any atom is 0.197 e. The molecule has 4 aromatic heterocycles. The second-order valence-electron chi connectivity index (χ2n) is 9.42. The van der Waals surface area contributed by atoms with Gasteiger partial charge in [-0.3, -0.25) is 5.10 Å². The van der Waals surface area contributed by atoms with Crippen LogP contribution in [0.2, 0.25) is 0 Å². The highest BCUT2D eigenvalue weighted by Gasteiger charge is 2.27. The number of nitrogens with zero attached hydrogens (tertiary/aromatic N) is 6. The zero-order valence-corrected chi connectivity index (χ0v) is 21.9. The number of ether oxygens (including phenoxy) is 2. The van der Waals surface area contributed by atoms with E-state index < -0.39 is 0 Å².